The van der Waals surface area contributed by atoms with E-state index < -0.39 is 0 Å². The molecule has 0 aliphatic rings. The second-order valence-electron chi connectivity index (χ2n) is 4.15. The monoisotopic (exact) mass is 294 g/mol. The summed E-state index contributed by atoms with van der Waals surface area (Å²) in [6, 6.07) is 7.18. The van der Waals surface area contributed by atoms with E-state index in [9.17, 15) is 4.79 Å². The van der Waals surface area contributed by atoms with Crippen molar-refractivity contribution in [2.75, 3.05) is 13.6 Å². The summed E-state index contributed by atoms with van der Waals surface area (Å²) in [4.78, 5) is 15.6. The molecule has 0 saturated heterocycles. The predicted octanol–water partition coefficient (Wildman–Crippen LogP) is 1.62. The van der Waals surface area contributed by atoms with Gasteiger partial charge in [-0.15, -0.1) is 0 Å². The van der Waals surface area contributed by atoms with Crippen molar-refractivity contribution in [1.29, 1.82) is 0 Å². The molecule has 106 valence electrons. The molecule has 0 spiro atoms. The van der Waals surface area contributed by atoms with Crippen LogP contribution < -0.4 is 10.6 Å². The smallest absolute Gasteiger partial charge is 0.246 e. The number of rotatable bonds is 6. The molecule has 2 rings (SSSR count). The molecule has 2 N–H and O–H groups in total. The van der Waals surface area contributed by atoms with Gasteiger partial charge in [-0.2, -0.15) is 4.98 Å². The first-order valence-corrected chi connectivity index (χ1v) is 6.56. The zero-order valence-electron chi connectivity index (χ0n) is 11.0. The van der Waals surface area contributed by atoms with E-state index in [1.807, 2.05) is 12.1 Å². The summed E-state index contributed by atoms with van der Waals surface area (Å²) in [6.45, 7) is 0.847. The molecule has 6 nitrogen and oxygen atoms in total. The summed E-state index contributed by atoms with van der Waals surface area (Å²) in [5.41, 5.74) is 0.772. The van der Waals surface area contributed by atoms with Crippen molar-refractivity contribution in [3.8, 4) is 11.4 Å². The molecule has 1 amide bonds. The van der Waals surface area contributed by atoms with Crippen molar-refractivity contribution in [3.63, 3.8) is 0 Å². The molecular weight excluding hydrogens is 280 g/mol. The average molecular weight is 295 g/mol. The van der Waals surface area contributed by atoms with Gasteiger partial charge in [0.1, 0.15) is 0 Å². The normalized spacial score (nSPS) is 10.5. The molecule has 0 aliphatic carbocycles. The third-order valence-electron chi connectivity index (χ3n) is 2.59. The van der Waals surface area contributed by atoms with Crippen molar-refractivity contribution in [3.05, 3.63) is 35.2 Å². The van der Waals surface area contributed by atoms with E-state index in [1.165, 1.54) is 0 Å². The lowest BCUT2D eigenvalue weighted by molar-refractivity contribution is -0.121. The van der Waals surface area contributed by atoms with Gasteiger partial charge in [0.25, 0.3) is 0 Å². The molecule has 0 bridgehead atoms. The lowest BCUT2D eigenvalue weighted by atomic mass is 10.2. The Morgan fingerprint density at radius 1 is 1.45 bits per heavy atom. The van der Waals surface area contributed by atoms with Crippen LogP contribution in [0.25, 0.3) is 11.4 Å². The fourth-order valence-electron chi connectivity index (χ4n) is 1.57. The van der Waals surface area contributed by atoms with Crippen LogP contribution in [0.3, 0.4) is 0 Å². The van der Waals surface area contributed by atoms with Gasteiger partial charge < -0.3 is 15.2 Å². The number of aromatic nitrogens is 2. The maximum Gasteiger partial charge on any atom is 0.246 e. The average Bonchev–Trinajstić information content (AvgIpc) is 2.92. The first-order valence-electron chi connectivity index (χ1n) is 6.19. The summed E-state index contributed by atoms with van der Waals surface area (Å²) < 4.78 is 5.08. The van der Waals surface area contributed by atoms with Gasteiger partial charge in [-0.1, -0.05) is 28.9 Å². The Labute approximate surface area is 121 Å². The fourth-order valence-corrected chi connectivity index (χ4v) is 1.76. The number of hydrogen-bond acceptors (Lipinski definition) is 5. The van der Waals surface area contributed by atoms with Gasteiger partial charge in [0.05, 0.1) is 6.54 Å². The maximum atomic E-state index is 11.4. The van der Waals surface area contributed by atoms with Crippen molar-refractivity contribution in [2.24, 2.45) is 0 Å². The molecule has 0 radical (unpaired) electrons. The van der Waals surface area contributed by atoms with Crippen molar-refractivity contribution >= 4 is 17.5 Å². The van der Waals surface area contributed by atoms with Gasteiger partial charge in [0.2, 0.25) is 17.6 Å². The van der Waals surface area contributed by atoms with E-state index in [-0.39, 0.29) is 12.5 Å². The summed E-state index contributed by atoms with van der Waals surface area (Å²) in [5, 5.41) is 10.1. The molecule has 2 aromatic rings. The quantitative estimate of drug-likeness (QED) is 0.846. The minimum atomic E-state index is -0.0677. The lowest BCUT2D eigenvalue weighted by Crippen LogP contribution is -2.26. The largest absolute Gasteiger partial charge is 0.347 e. The van der Waals surface area contributed by atoms with Gasteiger partial charge in [0.15, 0.2) is 0 Å². The Morgan fingerprint density at radius 3 is 3.05 bits per heavy atom. The highest BCUT2D eigenvalue weighted by Crippen LogP contribution is 2.19. The number of hydrogen-bond donors (Lipinski definition) is 2. The fraction of sp³-hybridized carbons (Fsp3) is 0.308. The number of nitrogens with zero attached hydrogens (tertiary/aromatic N) is 2. The van der Waals surface area contributed by atoms with Crippen LogP contribution in [0.5, 0.6) is 0 Å². The van der Waals surface area contributed by atoms with E-state index in [0.29, 0.717) is 29.7 Å². The number of halogens is 1. The summed E-state index contributed by atoms with van der Waals surface area (Å²) in [7, 11) is 1.79. The molecule has 0 fully saturated rings. The molecule has 0 aliphatic heterocycles. The Kier molecular flexibility index (Phi) is 5.09. The van der Waals surface area contributed by atoms with Gasteiger partial charge in [0, 0.05) is 23.6 Å². The first kappa shape index (κ1) is 14.5. The maximum absolute atomic E-state index is 11.4. The van der Waals surface area contributed by atoms with E-state index >= 15 is 0 Å². The van der Waals surface area contributed by atoms with Crippen LogP contribution in [-0.4, -0.2) is 29.6 Å². The Hall–Kier alpha value is -1.92. The van der Waals surface area contributed by atoms with Crippen molar-refractivity contribution in [2.45, 2.75) is 13.0 Å². The van der Waals surface area contributed by atoms with Gasteiger partial charge in [-0.25, -0.2) is 0 Å². The second-order valence-corrected chi connectivity index (χ2v) is 4.59. The van der Waals surface area contributed by atoms with Crippen LogP contribution >= 0.6 is 11.6 Å². The topological polar surface area (TPSA) is 80.0 Å². The van der Waals surface area contributed by atoms with Crippen molar-refractivity contribution in [1.82, 2.24) is 20.8 Å². The third kappa shape index (κ3) is 4.04. The summed E-state index contributed by atoms with van der Waals surface area (Å²) in [6.07, 6.45) is 0.409. The molecule has 0 unspecified atom stereocenters. The van der Waals surface area contributed by atoms with E-state index in [1.54, 1.807) is 19.2 Å². The molecule has 0 atom stereocenters. The van der Waals surface area contributed by atoms with E-state index in [2.05, 4.69) is 20.8 Å². The highest BCUT2D eigenvalue weighted by Gasteiger charge is 2.09. The molecule has 1 heterocycles. The number of carbonyl (C=O) groups excluding carboxylic acids is 1. The molecule has 0 saturated carbocycles. The Balaban J connectivity index is 1.94. The highest BCUT2D eigenvalue weighted by atomic mass is 35.5. The standard InChI is InChI=1S/C13H15ClN4O2/c1-15-6-5-11(19)16-8-12-17-13(18-20-12)9-3-2-4-10(14)7-9/h2-4,7,15H,5-6,8H2,1H3,(H,16,19). The first-order chi connectivity index (χ1) is 9.69. The van der Waals surface area contributed by atoms with Crippen LogP contribution in [0.1, 0.15) is 12.3 Å². The SMILES string of the molecule is CNCCC(=O)NCc1nc(-c2cccc(Cl)c2)no1. The third-order valence-corrected chi connectivity index (χ3v) is 2.82. The lowest BCUT2D eigenvalue weighted by Gasteiger charge is -2.00. The molecule has 7 heteroatoms. The van der Waals surface area contributed by atoms with E-state index in [4.69, 9.17) is 16.1 Å². The summed E-state index contributed by atoms with van der Waals surface area (Å²) >= 11 is 5.90. The zero-order chi connectivity index (χ0) is 14.4. The molecule has 1 aromatic carbocycles. The van der Waals surface area contributed by atoms with E-state index in [0.717, 1.165) is 5.56 Å². The minimum Gasteiger partial charge on any atom is -0.347 e. The van der Waals surface area contributed by atoms with Gasteiger partial charge in [-0.05, 0) is 19.2 Å². The number of amides is 1. The van der Waals surface area contributed by atoms with Crippen LogP contribution in [0, 0.1) is 0 Å². The Morgan fingerprint density at radius 2 is 2.30 bits per heavy atom. The van der Waals surface area contributed by atoms with Gasteiger partial charge in [-0.3, -0.25) is 4.79 Å². The second kappa shape index (κ2) is 7.02. The molecule has 1 aromatic heterocycles. The van der Waals surface area contributed by atoms with Crippen LogP contribution in [0.15, 0.2) is 28.8 Å². The van der Waals surface area contributed by atoms with Crippen LogP contribution in [0.4, 0.5) is 0 Å². The number of nitrogens with one attached hydrogen (secondary N) is 2. The van der Waals surface area contributed by atoms with Crippen LogP contribution in [-0.2, 0) is 11.3 Å². The van der Waals surface area contributed by atoms with Crippen LogP contribution in [0.2, 0.25) is 5.02 Å². The summed E-state index contributed by atoms with van der Waals surface area (Å²) in [5.74, 6) is 0.742. The predicted molar refractivity (Wildman–Crippen MR) is 75.1 cm³/mol. The van der Waals surface area contributed by atoms with Crippen molar-refractivity contribution < 1.29 is 9.32 Å². The Bertz CT molecular complexity index is 585. The van der Waals surface area contributed by atoms with Gasteiger partial charge >= 0.3 is 0 Å². The molecular formula is C13H15ClN4O2. The zero-order valence-corrected chi connectivity index (χ0v) is 11.8. The minimum absolute atomic E-state index is 0.0677. The molecule has 20 heavy (non-hydrogen) atoms. The number of benzene rings is 1. The highest BCUT2D eigenvalue weighted by molar-refractivity contribution is 6.30. The number of carbonyl (C=O) groups is 1.